The van der Waals surface area contributed by atoms with Gasteiger partial charge in [-0.3, -0.25) is 9.59 Å². The topological polar surface area (TPSA) is 74.8 Å². The first-order valence-electron chi connectivity index (χ1n) is 7.39. The third-order valence-corrected chi connectivity index (χ3v) is 3.28. The summed E-state index contributed by atoms with van der Waals surface area (Å²) in [6.07, 6.45) is 0. The van der Waals surface area contributed by atoms with Crippen molar-refractivity contribution in [3.63, 3.8) is 0 Å². The lowest BCUT2D eigenvalue weighted by Crippen LogP contribution is -2.88. The highest BCUT2D eigenvalue weighted by atomic mass is 19.2. The van der Waals surface area contributed by atoms with E-state index in [4.69, 9.17) is 0 Å². The molecule has 0 aliphatic heterocycles. The van der Waals surface area contributed by atoms with Crippen molar-refractivity contribution in [2.24, 2.45) is 0 Å². The highest BCUT2D eigenvalue weighted by molar-refractivity contribution is 5.93. The van der Waals surface area contributed by atoms with Crippen LogP contribution in [0.1, 0.15) is 0 Å². The van der Waals surface area contributed by atoms with Gasteiger partial charge in [0.1, 0.15) is 0 Å². The summed E-state index contributed by atoms with van der Waals surface area (Å²) in [6, 6.07) is 2.90. The molecular formula is C16H12F6N3O2+. The van der Waals surface area contributed by atoms with Crippen LogP contribution in [0.2, 0.25) is 0 Å². The van der Waals surface area contributed by atoms with E-state index in [1.807, 2.05) is 10.6 Å². The Balaban J connectivity index is 1.84. The van der Waals surface area contributed by atoms with E-state index in [2.05, 4.69) is 0 Å². The average molecular weight is 392 g/mol. The van der Waals surface area contributed by atoms with Crippen molar-refractivity contribution in [2.45, 2.75) is 0 Å². The largest absolute Gasteiger partial charge is 0.331 e. The summed E-state index contributed by atoms with van der Waals surface area (Å²) in [5, 5.41) is 5.10. The Morgan fingerprint density at radius 3 is 1.41 bits per heavy atom. The van der Waals surface area contributed by atoms with Gasteiger partial charge in [0.2, 0.25) is 0 Å². The first-order chi connectivity index (χ1) is 12.7. The summed E-state index contributed by atoms with van der Waals surface area (Å²) >= 11 is 0. The molecular weight excluding hydrogens is 380 g/mol. The third kappa shape index (κ3) is 4.97. The second-order valence-corrected chi connectivity index (χ2v) is 5.24. The quantitative estimate of drug-likeness (QED) is 0.517. The number of hydrogen-bond acceptors (Lipinski definition) is 2. The van der Waals surface area contributed by atoms with Gasteiger partial charge in [-0.1, -0.05) is 0 Å². The predicted molar refractivity (Wildman–Crippen MR) is 81.6 cm³/mol. The van der Waals surface area contributed by atoms with Crippen LogP contribution in [0.25, 0.3) is 0 Å². The van der Waals surface area contributed by atoms with E-state index < -0.39 is 71.2 Å². The van der Waals surface area contributed by atoms with Crippen molar-refractivity contribution in [2.75, 3.05) is 23.7 Å². The number of nitrogens with one attached hydrogen (secondary N) is 2. The molecule has 0 unspecified atom stereocenters. The minimum absolute atomic E-state index is 0.411. The number of rotatable bonds is 6. The number of carbonyl (C=O) groups is 2. The number of amides is 2. The van der Waals surface area contributed by atoms with Crippen LogP contribution in [0.4, 0.5) is 37.7 Å². The van der Waals surface area contributed by atoms with Crippen molar-refractivity contribution in [1.29, 1.82) is 0 Å². The van der Waals surface area contributed by atoms with Crippen LogP contribution in [0.5, 0.6) is 0 Å². The molecule has 0 spiro atoms. The summed E-state index contributed by atoms with van der Waals surface area (Å²) in [5.74, 6) is -11.1. The van der Waals surface area contributed by atoms with Crippen molar-refractivity contribution >= 4 is 23.2 Å². The van der Waals surface area contributed by atoms with Crippen LogP contribution in [-0.4, -0.2) is 24.9 Å². The second-order valence-electron chi connectivity index (χ2n) is 5.24. The molecule has 0 saturated carbocycles. The lowest BCUT2D eigenvalue weighted by molar-refractivity contribution is -0.632. The fraction of sp³-hybridized carbons (Fsp3) is 0.125. The van der Waals surface area contributed by atoms with E-state index >= 15 is 0 Å². The molecule has 4 N–H and O–H groups in total. The van der Waals surface area contributed by atoms with Crippen LogP contribution in [-0.2, 0) is 9.59 Å². The summed E-state index contributed by atoms with van der Waals surface area (Å²) in [4.78, 5) is 23.3. The molecule has 5 nitrogen and oxygen atoms in total. The first-order valence-corrected chi connectivity index (χ1v) is 7.39. The lowest BCUT2D eigenvalue weighted by atomic mass is 10.2. The molecule has 0 saturated heterocycles. The number of carbonyl (C=O) groups excluding carboxylic acids is 2. The number of hydrogen-bond donors (Lipinski definition) is 3. The van der Waals surface area contributed by atoms with Crippen LogP contribution in [0.15, 0.2) is 24.3 Å². The van der Waals surface area contributed by atoms with Gasteiger partial charge in [0.25, 0.3) is 11.8 Å². The van der Waals surface area contributed by atoms with Gasteiger partial charge in [-0.2, -0.15) is 0 Å². The van der Waals surface area contributed by atoms with Gasteiger partial charge in [0, 0.05) is 0 Å². The summed E-state index contributed by atoms with van der Waals surface area (Å²) in [7, 11) is 0. The van der Waals surface area contributed by atoms with E-state index in [0.29, 0.717) is 12.1 Å². The standard InChI is InChI=1S/C16H11F6N3O2/c17-7-1-3-9(15(21)13(7)19)24-11(26)5-23-6-12(27)25-10-4-2-8(18)14(20)16(10)22/h1-4,23H,5-6H2,(H,24,26)(H,25,27)/p+1. The molecule has 0 aliphatic rings. The SMILES string of the molecule is O=C(C[NH2+]CC(=O)Nc1ccc(F)c(F)c1F)Nc1ccc(F)c(F)c1F. The molecule has 0 radical (unpaired) electrons. The summed E-state index contributed by atoms with van der Waals surface area (Å²) in [5.41, 5.74) is -1.17. The number of nitrogens with two attached hydrogens (primary N) is 1. The number of quaternary nitrogens is 1. The van der Waals surface area contributed by atoms with Crippen LogP contribution >= 0.6 is 0 Å². The summed E-state index contributed by atoms with van der Waals surface area (Å²) in [6.45, 7) is -0.821. The molecule has 11 heteroatoms. The molecule has 0 aromatic heterocycles. The van der Waals surface area contributed by atoms with E-state index in [-0.39, 0.29) is 0 Å². The molecule has 2 amide bonds. The molecule has 27 heavy (non-hydrogen) atoms. The van der Waals surface area contributed by atoms with Gasteiger partial charge < -0.3 is 16.0 Å². The van der Waals surface area contributed by atoms with Gasteiger partial charge in [-0.15, -0.1) is 0 Å². The van der Waals surface area contributed by atoms with Gasteiger partial charge in [-0.25, -0.2) is 26.3 Å². The Morgan fingerprint density at radius 1 is 0.667 bits per heavy atom. The zero-order valence-corrected chi connectivity index (χ0v) is 13.4. The van der Waals surface area contributed by atoms with Crippen LogP contribution in [0.3, 0.4) is 0 Å². The molecule has 2 rings (SSSR count). The Bertz CT molecular complexity index is 819. The van der Waals surface area contributed by atoms with Crippen LogP contribution < -0.4 is 16.0 Å². The zero-order valence-electron chi connectivity index (χ0n) is 13.4. The maximum atomic E-state index is 13.4. The van der Waals surface area contributed by atoms with Gasteiger partial charge in [-0.05, 0) is 24.3 Å². The predicted octanol–water partition coefficient (Wildman–Crippen LogP) is 1.66. The molecule has 144 valence electrons. The molecule has 0 fully saturated rings. The van der Waals surface area contributed by atoms with Gasteiger partial charge in [0.05, 0.1) is 11.4 Å². The van der Waals surface area contributed by atoms with E-state index in [1.54, 1.807) is 0 Å². The van der Waals surface area contributed by atoms with Crippen molar-refractivity contribution in [1.82, 2.24) is 0 Å². The zero-order chi connectivity index (χ0) is 20.1. The molecule has 2 aromatic carbocycles. The fourth-order valence-electron chi connectivity index (χ4n) is 1.98. The van der Waals surface area contributed by atoms with Crippen molar-refractivity contribution in [3.8, 4) is 0 Å². The maximum absolute atomic E-state index is 13.4. The Labute approximate surface area is 148 Å². The lowest BCUT2D eigenvalue weighted by Gasteiger charge is -2.08. The van der Waals surface area contributed by atoms with E-state index in [1.165, 1.54) is 0 Å². The normalized spacial score (nSPS) is 10.6. The highest BCUT2D eigenvalue weighted by Crippen LogP contribution is 2.20. The number of anilines is 2. The Kier molecular flexibility index (Phi) is 6.40. The maximum Gasteiger partial charge on any atom is 0.279 e. The van der Waals surface area contributed by atoms with Crippen LogP contribution in [0, 0.1) is 34.9 Å². The minimum atomic E-state index is -1.75. The summed E-state index contributed by atoms with van der Waals surface area (Å²) < 4.78 is 78.5. The Morgan fingerprint density at radius 2 is 1.04 bits per heavy atom. The van der Waals surface area contributed by atoms with Crippen molar-refractivity contribution < 1.29 is 41.2 Å². The Hall–Kier alpha value is -3.08. The molecule has 2 aromatic rings. The molecule has 0 atom stereocenters. The fourth-order valence-corrected chi connectivity index (χ4v) is 1.98. The molecule has 0 bridgehead atoms. The average Bonchev–Trinajstić information content (AvgIpc) is 2.63. The van der Waals surface area contributed by atoms with Crippen molar-refractivity contribution in [3.05, 3.63) is 59.2 Å². The van der Waals surface area contributed by atoms with Gasteiger partial charge >= 0.3 is 0 Å². The minimum Gasteiger partial charge on any atom is -0.331 e. The molecule has 0 heterocycles. The van der Waals surface area contributed by atoms with E-state index in [0.717, 1.165) is 17.4 Å². The second kappa shape index (κ2) is 8.54. The number of halogens is 6. The van der Waals surface area contributed by atoms with E-state index in [9.17, 15) is 35.9 Å². The third-order valence-electron chi connectivity index (χ3n) is 3.28. The smallest absolute Gasteiger partial charge is 0.279 e. The molecule has 0 aliphatic carbocycles. The first kappa shape index (κ1) is 20.2. The van der Waals surface area contributed by atoms with Gasteiger partial charge in [0.15, 0.2) is 48.0 Å². The monoisotopic (exact) mass is 392 g/mol. The highest BCUT2D eigenvalue weighted by Gasteiger charge is 2.18. The number of benzene rings is 2.